The van der Waals surface area contributed by atoms with Crippen LogP contribution in [0, 0.1) is 0 Å². The lowest BCUT2D eigenvalue weighted by molar-refractivity contribution is -0.274. The number of rotatable bonds is 7. The van der Waals surface area contributed by atoms with Crippen molar-refractivity contribution < 1.29 is 31.1 Å². The minimum Gasteiger partial charge on any atom is -0.406 e. The zero-order valence-corrected chi connectivity index (χ0v) is 18.0. The monoisotopic (exact) mass is 471 g/mol. The number of nitrogens with one attached hydrogen (secondary N) is 2. The van der Waals surface area contributed by atoms with E-state index in [4.69, 9.17) is 0 Å². The fourth-order valence-electron chi connectivity index (χ4n) is 3.38. The molecule has 2 N–H and O–H groups in total. The average Bonchev–Trinajstić information content (AvgIpc) is 2.77. The van der Waals surface area contributed by atoms with Crippen LogP contribution in [0.25, 0.3) is 0 Å². The van der Waals surface area contributed by atoms with E-state index in [0.717, 1.165) is 31.4 Å². The molecule has 0 aliphatic carbocycles. The molecular weight excluding hydrogens is 447 g/mol. The molecule has 0 atom stereocenters. The van der Waals surface area contributed by atoms with E-state index in [9.17, 15) is 26.4 Å². The summed E-state index contributed by atoms with van der Waals surface area (Å²) in [6.45, 7) is 1.05. The van der Waals surface area contributed by atoms with Gasteiger partial charge in [-0.2, -0.15) is 4.31 Å². The summed E-state index contributed by atoms with van der Waals surface area (Å²) < 4.78 is 67.9. The van der Waals surface area contributed by atoms with Crippen LogP contribution < -0.4 is 15.4 Å². The molecule has 0 aromatic heterocycles. The minimum absolute atomic E-state index is 0.00738. The number of nitrogens with zero attached hydrogens (tertiary/aromatic N) is 1. The Morgan fingerprint density at radius 3 is 2.22 bits per heavy atom. The van der Waals surface area contributed by atoms with Gasteiger partial charge in [0.15, 0.2) is 0 Å². The predicted molar refractivity (Wildman–Crippen MR) is 111 cm³/mol. The lowest BCUT2D eigenvalue weighted by atomic mass is 10.2. The third kappa shape index (κ3) is 6.60. The molecule has 2 amide bonds. The lowest BCUT2D eigenvalue weighted by Crippen LogP contribution is -2.37. The second kappa shape index (κ2) is 10.2. The number of benzene rings is 2. The van der Waals surface area contributed by atoms with Gasteiger partial charge in [0.25, 0.3) is 0 Å². The summed E-state index contributed by atoms with van der Waals surface area (Å²) in [5.41, 5.74) is 1.05. The average molecular weight is 472 g/mol. The Bertz CT molecular complexity index is 1020. The van der Waals surface area contributed by atoms with Crippen LogP contribution in [0.15, 0.2) is 53.4 Å². The minimum atomic E-state index is -4.77. The molecule has 32 heavy (non-hydrogen) atoms. The van der Waals surface area contributed by atoms with E-state index in [1.54, 1.807) is 18.2 Å². The Kier molecular flexibility index (Phi) is 7.62. The van der Waals surface area contributed by atoms with Gasteiger partial charge in [0, 0.05) is 26.2 Å². The maximum atomic E-state index is 13.0. The molecule has 1 heterocycles. The van der Waals surface area contributed by atoms with E-state index in [1.807, 2.05) is 0 Å². The second-order valence-electron chi connectivity index (χ2n) is 7.30. The van der Waals surface area contributed by atoms with Gasteiger partial charge in [-0.3, -0.25) is 0 Å². The molecule has 2 aromatic carbocycles. The van der Waals surface area contributed by atoms with Gasteiger partial charge in [-0.25, -0.2) is 13.2 Å². The van der Waals surface area contributed by atoms with Gasteiger partial charge in [-0.05, 0) is 42.2 Å². The summed E-state index contributed by atoms with van der Waals surface area (Å²) in [6.07, 6.45) is -2.11. The van der Waals surface area contributed by atoms with Gasteiger partial charge in [-0.1, -0.05) is 36.8 Å². The Morgan fingerprint density at radius 1 is 0.938 bits per heavy atom. The Hall–Kier alpha value is -2.79. The highest BCUT2D eigenvalue weighted by Gasteiger charge is 2.31. The number of carbonyl (C=O) groups excluding carboxylic acids is 1. The summed E-state index contributed by atoms with van der Waals surface area (Å²) in [4.78, 5) is 12.3. The van der Waals surface area contributed by atoms with Crippen molar-refractivity contribution in [3.63, 3.8) is 0 Å². The largest absolute Gasteiger partial charge is 0.573 e. The van der Waals surface area contributed by atoms with Crippen LogP contribution in [0.1, 0.15) is 30.4 Å². The fraction of sp³-hybridized carbons (Fsp3) is 0.381. The van der Waals surface area contributed by atoms with Gasteiger partial charge in [0.2, 0.25) is 10.0 Å². The van der Waals surface area contributed by atoms with Crippen molar-refractivity contribution >= 4 is 16.1 Å². The molecule has 0 spiro atoms. The first-order chi connectivity index (χ1) is 15.1. The number of sulfonamides is 1. The van der Waals surface area contributed by atoms with Gasteiger partial charge >= 0.3 is 12.4 Å². The third-order valence-corrected chi connectivity index (χ3v) is 6.95. The molecule has 7 nitrogen and oxygen atoms in total. The highest BCUT2D eigenvalue weighted by Crippen LogP contribution is 2.24. The van der Waals surface area contributed by atoms with E-state index in [-0.39, 0.29) is 23.7 Å². The van der Waals surface area contributed by atoms with Crippen molar-refractivity contribution in [3.05, 3.63) is 59.7 Å². The molecular formula is C21H24F3N3O4S. The number of carbonyl (C=O) groups is 1. The number of hydrogen-bond donors (Lipinski definition) is 2. The van der Waals surface area contributed by atoms with Crippen LogP contribution >= 0.6 is 0 Å². The first kappa shape index (κ1) is 23.9. The van der Waals surface area contributed by atoms with E-state index >= 15 is 0 Å². The Morgan fingerprint density at radius 2 is 1.56 bits per heavy atom. The van der Waals surface area contributed by atoms with E-state index in [1.165, 1.54) is 22.5 Å². The summed E-state index contributed by atoms with van der Waals surface area (Å²) in [7, 11) is -3.64. The normalized spacial score (nSPS) is 15.2. The van der Waals surface area contributed by atoms with Crippen LogP contribution in [0.4, 0.5) is 18.0 Å². The molecule has 0 radical (unpaired) electrons. The smallest absolute Gasteiger partial charge is 0.406 e. The van der Waals surface area contributed by atoms with Gasteiger partial charge < -0.3 is 15.4 Å². The maximum Gasteiger partial charge on any atom is 0.573 e. The van der Waals surface area contributed by atoms with E-state index < -0.39 is 22.4 Å². The quantitative estimate of drug-likeness (QED) is 0.644. The number of ether oxygens (including phenoxy) is 1. The topological polar surface area (TPSA) is 87.7 Å². The van der Waals surface area contributed by atoms with Crippen molar-refractivity contribution in [3.8, 4) is 5.75 Å². The molecule has 0 unspecified atom stereocenters. The van der Waals surface area contributed by atoms with Crippen molar-refractivity contribution in [1.82, 2.24) is 14.9 Å². The molecule has 3 rings (SSSR count). The molecule has 1 aliphatic rings. The van der Waals surface area contributed by atoms with Gasteiger partial charge in [0.1, 0.15) is 5.75 Å². The van der Waals surface area contributed by atoms with Gasteiger partial charge in [0.05, 0.1) is 4.90 Å². The van der Waals surface area contributed by atoms with E-state index in [0.29, 0.717) is 24.2 Å². The first-order valence-corrected chi connectivity index (χ1v) is 11.5. The standard InChI is InChI=1S/C21H24F3N3O4S/c22-21(23,24)31-18-10-8-16(9-11-18)14-25-20(28)26-15-17-6-2-3-7-19(17)32(29,30)27-12-4-1-5-13-27/h2-3,6-11H,1,4-5,12-15H2,(H2,25,26,28). The zero-order chi connectivity index (χ0) is 23.2. The van der Waals surface area contributed by atoms with Crippen LogP contribution in [-0.4, -0.2) is 38.2 Å². The number of urea groups is 1. The lowest BCUT2D eigenvalue weighted by Gasteiger charge is -2.26. The van der Waals surface area contributed by atoms with Crippen molar-refractivity contribution in [1.29, 1.82) is 0 Å². The van der Waals surface area contributed by atoms with Crippen LogP contribution in [0.5, 0.6) is 5.75 Å². The summed E-state index contributed by atoms with van der Waals surface area (Å²) in [5.74, 6) is -0.350. The predicted octanol–water partition coefficient (Wildman–Crippen LogP) is 3.76. The molecule has 1 fully saturated rings. The summed E-state index contributed by atoms with van der Waals surface area (Å²) in [5, 5.41) is 5.21. The SMILES string of the molecule is O=C(NCc1ccc(OC(F)(F)F)cc1)NCc1ccccc1S(=O)(=O)N1CCCCC1. The number of halogens is 3. The number of alkyl halides is 3. The van der Waals surface area contributed by atoms with Crippen LogP contribution in [-0.2, 0) is 23.1 Å². The van der Waals surface area contributed by atoms with Crippen LogP contribution in [0.3, 0.4) is 0 Å². The Labute approximate surface area is 184 Å². The fourth-order valence-corrected chi connectivity index (χ4v) is 5.11. The van der Waals surface area contributed by atoms with E-state index in [2.05, 4.69) is 15.4 Å². The molecule has 174 valence electrons. The highest BCUT2D eigenvalue weighted by molar-refractivity contribution is 7.89. The maximum absolute atomic E-state index is 13.0. The Balaban J connectivity index is 1.55. The summed E-state index contributed by atoms with van der Waals surface area (Å²) >= 11 is 0. The van der Waals surface area contributed by atoms with Crippen molar-refractivity contribution in [2.24, 2.45) is 0 Å². The summed E-state index contributed by atoms with van der Waals surface area (Å²) in [6, 6.07) is 11.1. The molecule has 1 aliphatic heterocycles. The molecule has 2 aromatic rings. The second-order valence-corrected chi connectivity index (χ2v) is 9.21. The zero-order valence-electron chi connectivity index (χ0n) is 17.2. The first-order valence-electron chi connectivity index (χ1n) is 10.1. The molecule has 1 saturated heterocycles. The van der Waals surface area contributed by atoms with Crippen molar-refractivity contribution in [2.75, 3.05) is 13.1 Å². The number of piperidine rings is 1. The number of amides is 2. The molecule has 0 bridgehead atoms. The third-order valence-electron chi connectivity index (χ3n) is 4.95. The number of hydrogen-bond acceptors (Lipinski definition) is 4. The molecule has 11 heteroatoms. The molecule has 0 saturated carbocycles. The van der Waals surface area contributed by atoms with Crippen molar-refractivity contribution in [2.45, 2.75) is 43.6 Å². The highest BCUT2D eigenvalue weighted by atomic mass is 32.2. The van der Waals surface area contributed by atoms with Crippen LogP contribution in [0.2, 0.25) is 0 Å². The van der Waals surface area contributed by atoms with Gasteiger partial charge in [-0.15, -0.1) is 13.2 Å².